The van der Waals surface area contributed by atoms with Crippen LogP contribution in [0.15, 0.2) is 59.4 Å². The number of hydrogen-bond donors (Lipinski definition) is 2. The minimum absolute atomic E-state index is 0.213. The van der Waals surface area contributed by atoms with Crippen LogP contribution in [0.2, 0.25) is 5.02 Å². The second-order valence-corrected chi connectivity index (χ2v) is 5.38. The highest BCUT2D eigenvalue weighted by atomic mass is 35.5. The van der Waals surface area contributed by atoms with Gasteiger partial charge in [0.15, 0.2) is 4.77 Å². The number of hydrogen-bond acceptors (Lipinski definition) is 2. The normalized spacial score (nSPS) is 10.5. The fourth-order valence-electron chi connectivity index (χ4n) is 2.20. The number of aromatic nitrogens is 2. The average Bonchev–Trinajstić information content (AvgIpc) is 2.48. The zero-order chi connectivity index (χ0) is 14.8. The Bertz CT molecular complexity index is 883. The second-order valence-electron chi connectivity index (χ2n) is 4.53. The third kappa shape index (κ3) is 2.82. The summed E-state index contributed by atoms with van der Waals surface area (Å²) in [4.78, 5) is 18.0. The van der Waals surface area contributed by atoms with E-state index in [0.29, 0.717) is 21.1 Å². The molecule has 0 radical (unpaired) electrons. The predicted molar refractivity (Wildman–Crippen MR) is 88.1 cm³/mol. The van der Waals surface area contributed by atoms with Crippen LogP contribution < -0.4 is 5.56 Å². The van der Waals surface area contributed by atoms with Gasteiger partial charge in [-0.1, -0.05) is 54.1 Å². The van der Waals surface area contributed by atoms with Gasteiger partial charge in [0.25, 0.3) is 5.56 Å². The Morgan fingerprint density at radius 3 is 2.19 bits per heavy atom. The number of H-pyrrole nitrogens is 2. The van der Waals surface area contributed by atoms with Gasteiger partial charge in [0, 0.05) is 5.02 Å². The van der Waals surface area contributed by atoms with Crippen LogP contribution in [0.25, 0.3) is 22.4 Å². The highest BCUT2D eigenvalue weighted by Crippen LogP contribution is 2.27. The molecule has 0 unspecified atom stereocenters. The van der Waals surface area contributed by atoms with Crippen molar-refractivity contribution in [1.82, 2.24) is 9.97 Å². The van der Waals surface area contributed by atoms with Crippen molar-refractivity contribution in [3.63, 3.8) is 0 Å². The van der Waals surface area contributed by atoms with Crippen LogP contribution in [0.3, 0.4) is 0 Å². The summed E-state index contributed by atoms with van der Waals surface area (Å²) in [6, 6.07) is 16.7. The van der Waals surface area contributed by atoms with Crippen molar-refractivity contribution in [1.29, 1.82) is 0 Å². The first-order valence-electron chi connectivity index (χ1n) is 6.33. The van der Waals surface area contributed by atoms with Crippen LogP contribution in [0.1, 0.15) is 0 Å². The van der Waals surface area contributed by atoms with Crippen LogP contribution in [0, 0.1) is 4.77 Å². The van der Waals surface area contributed by atoms with E-state index in [1.165, 1.54) is 0 Å². The molecule has 0 aliphatic rings. The minimum atomic E-state index is -0.213. The van der Waals surface area contributed by atoms with Gasteiger partial charge in [0.05, 0.1) is 11.3 Å². The summed E-state index contributed by atoms with van der Waals surface area (Å²) in [5.41, 5.74) is 2.72. The molecule has 0 aliphatic carbocycles. The zero-order valence-electron chi connectivity index (χ0n) is 10.9. The number of nitrogens with one attached hydrogen (secondary N) is 2. The molecule has 2 aromatic carbocycles. The Balaban J connectivity index is 2.32. The van der Waals surface area contributed by atoms with Gasteiger partial charge < -0.3 is 4.98 Å². The molecule has 0 spiro atoms. The lowest BCUT2D eigenvalue weighted by Gasteiger charge is -2.09. The van der Waals surface area contributed by atoms with Crippen LogP contribution >= 0.6 is 23.8 Å². The third-order valence-corrected chi connectivity index (χ3v) is 3.59. The maximum atomic E-state index is 12.3. The van der Waals surface area contributed by atoms with E-state index in [9.17, 15) is 4.79 Å². The summed E-state index contributed by atoms with van der Waals surface area (Å²) in [5.74, 6) is 0. The van der Waals surface area contributed by atoms with Gasteiger partial charge in [0.1, 0.15) is 0 Å². The quantitative estimate of drug-likeness (QED) is 0.688. The molecule has 0 bridgehead atoms. The third-order valence-electron chi connectivity index (χ3n) is 3.14. The van der Waals surface area contributed by atoms with Crippen LogP contribution in [-0.2, 0) is 0 Å². The molecule has 0 saturated heterocycles. The lowest BCUT2D eigenvalue weighted by Crippen LogP contribution is -2.12. The molecule has 3 aromatic rings. The van der Waals surface area contributed by atoms with E-state index in [2.05, 4.69) is 9.97 Å². The molecule has 1 heterocycles. The van der Waals surface area contributed by atoms with Crippen molar-refractivity contribution < 1.29 is 0 Å². The summed E-state index contributed by atoms with van der Waals surface area (Å²) in [5, 5.41) is 0.642. The van der Waals surface area contributed by atoms with Gasteiger partial charge in [-0.2, -0.15) is 0 Å². The predicted octanol–water partition coefficient (Wildman–Crippen LogP) is 4.42. The Hall–Kier alpha value is -2.17. The highest BCUT2D eigenvalue weighted by molar-refractivity contribution is 7.71. The average molecular weight is 315 g/mol. The summed E-state index contributed by atoms with van der Waals surface area (Å²) in [6.45, 7) is 0. The molecule has 3 rings (SSSR count). The van der Waals surface area contributed by atoms with Crippen molar-refractivity contribution >= 4 is 23.8 Å². The van der Waals surface area contributed by atoms with Crippen LogP contribution in [0.4, 0.5) is 0 Å². The zero-order valence-corrected chi connectivity index (χ0v) is 12.5. The van der Waals surface area contributed by atoms with E-state index in [1.807, 2.05) is 42.5 Å². The van der Waals surface area contributed by atoms with E-state index >= 15 is 0 Å². The summed E-state index contributed by atoms with van der Waals surface area (Å²) in [7, 11) is 0. The van der Waals surface area contributed by atoms with Crippen molar-refractivity contribution in [3.05, 3.63) is 74.7 Å². The summed E-state index contributed by atoms with van der Waals surface area (Å²) < 4.78 is 0.296. The molecule has 0 atom stereocenters. The monoisotopic (exact) mass is 314 g/mol. The van der Waals surface area contributed by atoms with E-state index in [0.717, 1.165) is 11.1 Å². The molecule has 5 heteroatoms. The van der Waals surface area contributed by atoms with Crippen molar-refractivity contribution in [3.8, 4) is 22.4 Å². The van der Waals surface area contributed by atoms with Gasteiger partial charge in [-0.25, -0.2) is 0 Å². The molecule has 2 N–H and O–H groups in total. The van der Waals surface area contributed by atoms with Crippen molar-refractivity contribution in [2.24, 2.45) is 0 Å². The van der Waals surface area contributed by atoms with E-state index in [4.69, 9.17) is 23.8 Å². The van der Waals surface area contributed by atoms with Gasteiger partial charge in [-0.05, 0) is 35.5 Å². The highest BCUT2D eigenvalue weighted by Gasteiger charge is 2.12. The van der Waals surface area contributed by atoms with Gasteiger partial charge >= 0.3 is 0 Å². The van der Waals surface area contributed by atoms with Gasteiger partial charge in [-0.15, -0.1) is 0 Å². The number of rotatable bonds is 2. The van der Waals surface area contributed by atoms with Crippen molar-refractivity contribution in [2.45, 2.75) is 0 Å². The molecule has 104 valence electrons. The number of aromatic amines is 2. The first-order valence-corrected chi connectivity index (χ1v) is 7.12. The molecule has 0 amide bonds. The molecular weight excluding hydrogens is 304 g/mol. The maximum absolute atomic E-state index is 12.3. The second kappa shape index (κ2) is 5.68. The summed E-state index contributed by atoms with van der Waals surface area (Å²) in [6.07, 6.45) is 0. The molecule has 0 saturated carbocycles. The Kier molecular flexibility index (Phi) is 3.73. The number of halogens is 1. The van der Waals surface area contributed by atoms with Crippen LogP contribution in [-0.4, -0.2) is 9.97 Å². The lowest BCUT2D eigenvalue weighted by molar-refractivity contribution is 1.10. The Labute approximate surface area is 131 Å². The van der Waals surface area contributed by atoms with Gasteiger partial charge in [0.2, 0.25) is 0 Å². The summed E-state index contributed by atoms with van der Waals surface area (Å²) >= 11 is 11.0. The Morgan fingerprint density at radius 1 is 0.857 bits per heavy atom. The standard InChI is InChI=1S/C16H11ClN2OS/c17-12-8-6-11(7-9-12)14-13(10-4-2-1-3-5-10)15(20)19-16(21)18-14/h1-9H,(H2,18,19,20,21). The lowest BCUT2D eigenvalue weighted by atomic mass is 10.0. The molecular formula is C16H11ClN2OS. The molecule has 21 heavy (non-hydrogen) atoms. The van der Waals surface area contributed by atoms with Crippen molar-refractivity contribution in [2.75, 3.05) is 0 Å². The first-order chi connectivity index (χ1) is 10.1. The molecule has 0 aliphatic heterocycles. The smallest absolute Gasteiger partial charge is 0.260 e. The van der Waals surface area contributed by atoms with E-state index in [1.54, 1.807) is 12.1 Å². The van der Waals surface area contributed by atoms with Crippen LogP contribution in [0.5, 0.6) is 0 Å². The van der Waals surface area contributed by atoms with E-state index < -0.39 is 0 Å². The molecule has 0 fully saturated rings. The first kappa shape index (κ1) is 13.8. The van der Waals surface area contributed by atoms with Gasteiger partial charge in [-0.3, -0.25) is 9.78 Å². The topological polar surface area (TPSA) is 48.6 Å². The number of benzene rings is 2. The maximum Gasteiger partial charge on any atom is 0.260 e. The minimum Gasteiger partial charge on any atom is -0.331 e. The fraction of sp³-hybridized carbons (Fsp3) is 0. The molecule has 1 aromatic heterocycles. The molecule has 3 nitrogen and oxygen atoms in total. The SMILES string of the molecule is O=c1[nH]c(=S)[nH]c(-c2ccc(Cl)cc2)c1-c1ccccc1. The largest absolute Gasteiger partial charge is 0.331 e. The van der Waals surface area contributed by atoms with E-state index in [-0.39, 0.29) is 5.56 Å². The Morgan fingerprint density at radius 2 is 1.52 bits per heavy atom. The fourth-order valence-corrected chi connectivity index (χ4v) is 2.52.